The quantitative estimate of drug-likeness (QED) is 0.843. The Balaban J connectivity index is 1.95. The van der Waals surface area contributed by atoms with Crippen LogP contribution in [0.2, 0.25) is 0 Å². The lowest BCUT2D eigenvalue weighted by atomic mass is 10.2. The van der Waals surface area contributed by atoms with Crippen molar-refractivity contribution in [3.05, 3.63) is 47.0 Å². The number of hydrogen-bond donors (Lipinski definition) is 1. The van der Waals surface area contributed by atoms with Crippen molar-refractivity contribution < 1.29 is 4.74 Å². The Morgan fingerprint density at radius 2 is 2.25 bits per heavy atom. The molecule has 1 N–H and O–H groups in total. The van der Waals surface area contributed by atoms with E-state index < -0.39 is 0 Å². The number of rotatable bonds is 7. The molecule has 108 valence electrons. The monoisotopic (exact) mass is 337 g/mol. The molecule has 1 aromatic carbocycles. The Bertz CT molecular complexity index is 526. The second-order valence-corrected chi connectivity index (χ2v) is 5.85. The van der Waals surface area contributed by atoms with Crippen molar-refractivity contribution in [2.24, 2.45) is 0 Å². The molecular weight excluding hydrogens is 318 g/mol. The smallest absolute Gasteiger partial charge is 0.123 e. The van der Waals surface area contributed by atoms with Gasteiger partial charge in [-0.1, -0.05) is 29.8 Å². The molecule has 20 heavy (non-hydrogen) atoms. The second-order valence-electron chi connectivity index (χ2n) is 4.94. The van der Waals surface area contributed by atoms with Crippen LogP contribution in [0.3, 0.4) is 0 Å². The number of benzene rings is 1. The molecule has 0 saturated carbocycles. The highest BCUT2D eigenvalue weighted by atomic mass is 79.9. The summed E-state index contributed by atoms with van der Waals surface area (Å²) in [5.74, 6) is 0.932. The summed E-state index contributed by atoms with van der Waals surface area (Å²) in [6, 6.07) is 6.57. The van der Waals surface area contributed by atoms with E-state index in [9.17, 15) is 0 Å². The van der Waals surface area contributed by atoms with Gasteiger partial charge in [-0.25, -0.2) is 4.98 Å². The first-order chi connectivity index (χ1) is 9.65. The van der Waals surface area contributed by atoms with Crippen LogP contribution in [-0.2, 0) is 13.1 Å². The van der Waals surface area contributed by atoms with Crippen LogP contribution in [0.1, 0.15) is 19.4 Å². The van der Waals surface area contributed by atoms with Gasteiger partial charge in [0.05, 0.1) is 12.9 Å². The van der Waals surface area contributed by atoms with Crippen molar-refractivity contribution in [2.75, 3.05) is 6.61 Å². The lowest BCUT2D eigenvalue weighted by molar-refractivity contribution is 0.294. The first-order valence-electron chi connectivity index (χ1n) is 6.75. The van der Waals surface area contributed by atoms with Crippen molar-refractivity contribution in [3.63, 3.8) is 0 Å². The van der Waals surface area contributed by atoms with Crippen LogP contribution in [0.4, 0.5) is 0 Å². The van der Waals surface area contributed by atoms with Crippen LogP contribution >= 0.6 is 15.9 Å². The molecule has 2 aromatic rings. The third kappa shape index (κ3) is 4.65. The van der Waals surface area contributed by atoms with Gasteiger partial charge in [0.1, 0.15) is 12.4 Å². The zero-order valence-electron chi connectivity index (χ0n) is 11.8. The van der Waals surface area contributed by atoms with E-state index in [0.29, 0.717) is 12.6 Å². The van der Waals surface area contributed by atoms with Gasteiger partial charge in [-0.3, -0.25) is 0 Å². The molecule has 2 rings (SSSR count). The molecule has 0 amide bonds. The van der Waals surface area contributed by atoms with Crippen molar-refractivity contribution >= 4 is 15.9 Å². The highest BCUT2D eigenvalue weighted by molar-refractivity contribution is 9.10. The normalized spacial score (nSPS) is 11.0. The minimum Gasteiger partial charge on any atom is -0.491 e. The van der Waals surface area contributed by atoms with Crippen molar-refractivity contribution in [1.82, 2.24) is 14.9 Å². The van der Waals surface area contributed by atoms with Crippen LogP contribution in [0.15, 0.2) is 41.4 Å². The molecule has 1 heterocycles. The van der Waals surface area contributed by atoms with Crippen LogP contribution in [0, 0.1) is 0 Å². The zero-order chi connectivity index (χ0) is 14.4. The molecule has 0 radical (unpaired) electrons. The maximum atomic E-state index is 5.89. The number of ether oxygens (including phenoxy) is 1. The number of hydrogen-bond acceptors (Lipinski definition) is 3. The van der Waals surface area contributed by atoms with Crippen molar-refractivity contribution in [1.29, 1.82) is 0 Å². The summed E-state index contributed by atoms with van der Waals surface area (Å²) >= 11 is 3.51. The van der Waals surface area contributed by atoms with E-state index >= 15 is 0 Å². The van der Waals surface area contributed by atoms with Crippen LogP contribution in [-0.4, -0.2) is 22.2 Å². The molecule has 0 bridgehead atoms. The molecule has 0 aliphatic heterocycles. The Hall–Kier alpha value is -1.33. The molecule has 0 fully saturated rings. The Morgan fingerprint density at radius 1 is 1.40 bits per heavy atom. The lowest BCUT2D eigenvalue weighted by Crippen LogP contribution is -2.22. The summed E-state index contributed by atoms with van der Waals surface area (Å²) in [6.07, 6.45) is 5.51. The molecule has 0 unspecified atom stereocenters. The molecular formula is C15H20BrN3O. The van der Waals surface area contributed by atoms with Gasteiger partial charge in [0, 0.05) is 35.0 Å². The van der Waals surface area contributed by atoms with E-state index in [2.05, 4.69) is 46.1 Å². The fourth-order valence-corrected chi connectivity index (χ4v) is 2.23. The van der Waals surface area contributed by atoms with Gasteiger partial charge in [0.15, 0.2) is 0 Å². The summed E-state index contributed by atoms with van der Waals surface area (Å²) in [4.78, 5) is 4.02. The third-order valence-corrected chi connectivity index (χ3v) is 3.38. The Kier molecular flexibility index (Phi) is 5.61. The average Bonchev–Trinajstić information content (AvgIpc) is 2.91. The standard InChI is InChI=1S/C15H20BrN3O/c1-12(2)18-10-13-9-14(16)3-4-15(13)20-8-7-19-6-5-17-11-19/h3-6,9,11-12,18H,7-8,10H2,1-2H3. The van der Waals surface area contributed by atoms with Gasteiger partial charge in [-0.15, -0.1) is 0 Å². The number of halogens is 1. The number of imidazole rings is 1. The van der Waals surface area contributed by atoms with Gasteiger partial charge in [0.2, 0.25) is 0 Å². The lowest BCUT2D eigenvalue weighted by Gasteiger charge is -2.14. The van der Waals surface area contributed by atoms with Gasteiger partial charge >= 0.3 is 0 Å². The largest absolute Gasteiger partial charge is 0.491 e. The molecule has 0 saturated heterocycles. The second kappa shape index (κ2) is 7.45. The maximum Gasteiger partial charge on any atom is 0.123 e. The van der Waals surface area contributed by atoms with E-state index in [1.54, 1.807) is 12.5 Å². The van der Waals surface area contributed by atoms with Crippen LogP contribution in [0.5, 0.6) is 5.75 Å². The minimum atomic E-state index is 0.452. The van der Waals surface area contributed by atoms with Gasteiger partial charge in [0.25, 0.3) is 0 Å². The third-order valence-electron chi connectivity index (χ3n) is 2.89. The van der Waals surface area contributed by atoms with E-state index in [0.717, 1.165) is 23.3 Å². The summed E-state index contributed by atoms with van der Waals surface area (Å²) in [5, 5.41) is 3.42. The highest BCUT2D eigenvalue weighted by Crippen LogP contribution is 2.23. The van der Waals surface area contributed by atoms with Crippen molar-refractivity contribution in [2.45, 2.75) is 33.0 Å². The molecule has 0 spiro atoms. The molecule has 0 aliphatic rings. The predicted molar refractivity (Wildman–Crippen MR) is 83.8 cm³/mol. The first-order valence-corrected chi connectivity index (χ1v) is 7.55. The van der Waals surface area contributed by atoms with Crippen LogP contribution in [0.25, 0.3) is 0 Å². The maximum absolute atomic E-state index is 5.89. The van der Waals surface area contributed by atoms with Crippen molar-refractivity contribution in [3.8, 4) is 5.75 Å². The Morgan fingerprint density at radius 3 is 2.95 bits per heavy atom. The van der Waals surface area contributed by atoms with E-state index in [4.69, 9.17) is 4.74 Å². The average molecular weight is 338 g/mol. The van der Waals surface area contributed by atoms with Crippen LogP contribution < -0.4 is 10.1 Å². The summed E-state index contributed by atoms with van der Waals surface area (Å²) < 4.78 is 8.96. The fraction of sp³-hybridized carbons (Fsp3) is 0.400. The first kappa shape index (κ1) is 15.1. The predicted octanol–water partition coefficient (Wildman–Crippen LogP) is 3.22. The number of aromatic nitrogens is 2. The molecule has 0 atom stereocenters. The topological polar surface area (TPSA) is 39.1 Å². The highest BCUT2D eigenvalue weighted by Gasteiger charge is 2.05. The zero-order valence-corrected chi connectivity index (χ0v) is 13.4. The SMILES string of the molecule is CC(C)NCc1cc(Br)ccc1OCCn1ccnc1. The summed E-state index contributed by atoms with van der Waals surface area (Å²) in [5.41, 5.74) is 1.17. The van der Waals surface area contributed by atoms with E-state index in [1.165, 1.54) is 5.56 Å². The number of nitrogens with zero attached hydrogens (tertiary/aromatic N) is 2. The molecule has 5 heteroatoms. The van der Waals surface area contributed by atoms with Gasteiger partial charge < -0.3 is 14.6 Å². The van der Waals surface area contributed by atoms with Gasteiger partial charge in [-0.05, 0) is 18.2 Å². The molecule has 0 aliphatic carbocycles. The van der Waals surface area contributed by atoms with Gasteiger partial charge in [-0.2, -0.15) is 0 Å². The molecule has 4 nitrogen and oxygen atoms in total. The summed E-state index contributed by atoms with van der Waals surface area (Å²) in [6.45, 7) is 6.51. The van der Waals surface area contributed by atoms with E-state index in [1.807, 2.05) is 22.9 Å². The summed E-state index contributed by atoms with van der Waals surface area (Å²) in [7, 11) is 0. The fourth-order valence-electron chi connectivity index (χ4n) is 1.82. The number of nitrogens with one attached hydrogen (secondary N) is 1. The minimum absolute atomic E-state index is 0.452. The Labute approximate surface area is 128 Å². The van der Waals surface area contributed by atoms with E-state index in [-0.39, 0.29) is 0 Å². The molecule has 1 aromatic heterocycles.